The van der Waals surface area contributed by atoms with E-state index in [1.165, 1.54) is 25.7 Å². The van der Waals surface area contributed by atoms with Crippen LogP contribution in [-0.2, 0) is 4.74 Å². The van der Waals surface area contributed by atoms with Crippen LogP contribution in [-0.4, -0.2) is 73.8 Å². The average Bonchev–Trinajstić information content (AvgIpc) is 3.09. The van der Waals surface area contributed by atoms with Gasteiger partial charge in [0.2, 0.25) is 0 Å². The van der Waals surface area contributed by atoms with E-state index in [1.807, 2.05) is 0 Å². The van der Waals surface area contributed by atoms with Gasteiger partial charge in [-0.05, 0) is 32.1 Å². The van der Waals surface area contributed by atoms with E-state index in [9.17, 15) is 0 Å². The maximum atomic E-state index is 5.48. The summed E-state index contributed by atoms with van der Waals surface area (Å²) in [7, 11) is 0. The number of nitrogens with one attached hydrogen (secondary N) is 1. The van der Waals surface area contributed by atoms with Gasteiger partial charge in [-0.3, -0.25) is 9.89 Å². The monoisotopic (exact) mass is 436 g/mol. The van der Waals surface area contributed by atoms with Gasteiger partial charge in [0.25, 0.3) is 0 Å². The van der Waals surface area contributed by atoms with Crippen molar-refractivity contribution in [2.45, 2.75) is 51.6 Å². The van der Waals surface area contributed by atoms with Crippen molar-refractivity contribution in [2.75, 3.05) is 45.9 Å². The van der Waals surface area contributed by atoms with Crippen LogP contribution in [0, 0.1) is 5.92 Å². The van der Waals surface area contributed by atoms with E-state index in [1.54, 1.807) is 0 Å². The highest BCUT2D eigenvalue weighted by Crippen LogP contribution is 2.34. The maximum absolute atomic E-state index is 5.48. The van der Waals surface area contributed by atoms with Gasteiger partial charge < -0.3 is 15.0 Å². The molecule has 0 bridgehead atoms. The first kappa shape index (κ1) is 19.2. The van der Waals surface area contributed by atoms with Crippen LogP contribution in [0.2, 0.25) is 0 Å². The van der Waals surface area contributed by atoms with E-state index in [2.05, 4.69) is 29.0 Å². The van der Waals surface area contributed by atoms with Gasteiger partial charge in [-0.25, -0.2) is 0 Å². The zero-order valence-corrected chi connectivity index (χ0v) is 17.0. The Bertz CT molecular complexity index is 387. The lowest BCUT2D eigenvalue weighted by Crippen LogP contribution is -2.47. The lowest BCUT2D eigenvalue weighted by molar-refractivity contribution is 0.0195. The van der Waals surface area contributed by atoms with Crippen molar-refractivity contribution >= 4 is 29.9 Å². The van der Waals surface area contributed by atoms with E-state index in [0.717, 1.165) is 57.8 Å². The summed E-state index contributed by atoms with van der Waals surface area (Å²) in [6.07, 6.45) is 5.24. The molecule has 3 aliphatic rings. The molecule has 0 amide bonds. The Hall–Kier alpha value is -0.0800. The Morgan fingerprint density at radius 3 is 2.70 bits per heavy atom. The molecule has 0 aromatic rings. The number of nitrogens with zero attached hydrogens (tertiary/aromatic N) is 3. The Morgan fingerprint density at radius 2 is 2.00 bits per heavy atom. The SMILES string of the molecule is CCCC1CC1NC(=NCC)N1CCC(N2CCOCC2)C1.I. The first-order valence-electron chi connectivity index (χ1n) is 9.19. The summed E-state index contributed by atoms with van der Waals surface area (Å²) < 4.78 is 5.48. The fourth-order valence-electron chi connectivity index (χ4n) is 3.84. The van der Waals surface area contributed by atoms with Crippen LogP contribution < -0.4 is 5.32 Å². The molecule has 0 spiro atoms. The van der Waals surface area contributed by atoms with E-state index >= 15 is 0 Å². The molecule has 0 radical (unpaired) electrons. The quantitative estimate of drug-likeness (QED) is 0.408. The summed E-state index contributed by atoms with van der Waals surface area (Å²) in [5.41, 5.74) is 0. The zero-order chi connectivity index (χ0) is 15.4. The van der Waals surface area contributed by atoms with E-state index in [-0.39, 0.29) is 24.0 Å². The van der Waals surface area contributed by atoms with Crippen molar-refractivity contribution in [1.82, 2.24) is 15.1 Å². The smallest absolute Gasteiger partial charge is 0.194 e. The van der Waals surface area contributed by atoms with Crippen LogP contribution in [0.3, 0.4) is 0 Å². The summed E-state index contributed by atoms with van der Waals surface area (Å²) in [6, 6.07) is 1.35. The van der Waals surface area contributed by atoms with Crippen molar-refractivity contribution in [1.29, 1.82) is 0 Å². The fourth-order valence-corrected chi connectivity index (χ4v) is 3.84. The number of morpholine rings is 1. The van der Waals surface area contributed by atoms with Crippen LogP contribution >= 0.6 is 24.0 Å². The summed E-state index contributed by atoms with van der Waals surface area (Å²) >= 11 is 0. The second kappa shape index (κ2) is 9.42. The molecule has 2 aliphatic heterocycles. The van der Waals surface area contributed by atoms with E-state index in [4.69, 9.17) is 9.73 Å². The lowest BCUT2D eigenvalue weighted by atomic mass is 10.2. The predicted molar refractivity (Wildman–Crippen MR) is 106 cm³/mol. The van der Waals surface area contributed by atoms with Gasteiger partial charge in [-0.2, -0.15) is 0 Å². The van der Waals surface area contributed by atoms with Gasteiger partial charge in [-0.15, -0.1) is 24.0 Å². The molecule has 3 rings (SSSR count). The molecule has 2 heterocycles. The number of aliphatic imine (C=N–C) groups is 1. The third-order valence-electron chi connectivity index (χ3n) is 5.23. The summed E-state index contributed by atoms with van der Waals surface area (Å²) in [5, 5.41) is 3.72. The van der Waals surface area contributed by atoms with Gasteiger partial charge in [-0.1, -0.05) is 13.3 Å². The highest BCUT2D eigenvalue weighted by atomic mass is 127. The minimum atomic E-state index is 0. The Morgan fingerprint density at radius 1 is 1.22 bits per heavy atom. The van der Waals surface area contributed by atoms with Crippen molar-refractivity contribution in [2.24, 2.45) is 10.9 Å². The van der Waals surface area contributed by atoms with E-state index < -0.39 is 0 Å². The number of halogens is 1. The van der Waals surface area contributed by atoms with Crippen LogP contribution in [0.5, 0.6) is 0 Å². The molecule has 0 aromatic carbocycles. The van der Waals surface area contributed by atoms with E-state index in [0.29, 0.717) is 12.1 Å². The second-order valence-electron chi connectivity index (χ2n) is 6.87. The number of likely N-dealkylation sites (tertiary alicyclic amines) is 1. The number of ether oxygens (including phenoxy) is 1. The Kier molecular flexibility index (Phi) is 7.88. The summed E-state index contributed by atoms with van der Waals surface area (Å²) in [5.74, 6) is 2.03. The van der Waals surface area contributed by atoms with Gasteiger partial charge >= 0.3 is 0 Å². The topological polar surface area (TPSA) is 40.1 Å². The van der Waals surface area contributed by atoms with Crippen LogP contribution in [0.1, 0.15) is 39.5 Å². The highest BCUT2D eigenvalue weighted by Gasteiger charge is 2.38. The van der Waals surface area contributed by atoms with Gasteiger partial charge in [0.1, 0.15) is 0 Å². The summed E-state index contributed by atoms with van der Waals surface area (Å²) in [4.78, 5) is 9.83. The second-order valence-corrected chi connectivity index (χ2v) is 6.87. The minimum absolute atomic E-state index is 0. The van der Waals surface area contributed by atoms with Crippen molar-refractivity contribution in [3.8, 4) is 0 Å². The molecular weight excluding hydrogens is 403 g/mol. The zero-order valence-electron chi connectivity index (χ0n) is 14.7. The molecule has 23 heavy (non-hydrogen) atoms. The highest BCUT2D eigenvalue weighted by molar-refractivity contribution is 14.0. The largest absolute Gasteiger partial charge is 0.379 e. The molecule has 3 atom stereocenters. The van der Waals surface area contributed by atoms with Gasteiger partial charge in [0.05, 0.1) is 13.2 Å². The molecule has 1 aliphatic carbocycles. The molecule has 6 heteroatoms. The molecule has 3 unspecified atom stereocenters. The van der Waals surface area contributed by atoms with Crippen LogP contribution in [0.15, 0.2) is 4.99 Å². The fraction of sp³-hybridized carbons (Fsp3) is 0.941. The molecule has 2 saturated heterocycles. The molecule has 5 nitrogen and oxygen atoms in total. The van der Waals surface area contributed by atoms with Crippen molar-refractivity contribution in [3.63, 3.8) is 0 Å². The first-order valence-corrected chi connectivity index (χ1v) is 9.19. The predicted octanol–water partition coefficient (Wildman–Crippen LogP) is 2.17. The summed E-state index contributed by atoms with van der Waals surface area (Å²) in [6.45, 7) is 11.5. The standard InChI is InChI=1S/C17H32N4O.HI/c1-3-5-14-12-16(14)19-17(18-4-2)21-7-6-15(13-21)20-8-10-22-11-9-20;/h14-16H,3-13H2,1-2H3,(H,18,19);1H. The minimum Gasteiger partial charge on any atom is -0.379 e. The number of guanidine groups is 1. The molecule has 1 saturated carbocycles. The molecule has 1 N–H and O–H groups in total. The van der Waals surface area contributed by atoms with Gasteiger partial charge in [0.15, 0.2) is 5.96 Å². The van der Waals surface area contributed by atoms with Crippen molar-refractivity contribution < 1.29 is 4.74 Å². The molecule has 3 fully saturated rings. The molecule has 0 aromatic heterocycles. The lowest BCUT2D eigenvalue weighted by Gasteiger charge is -2.32. The number of hydrogen-bond acceptors (Lipinski definition) is 3. The Balaban J connectivity index is 0.00000192. The van der Waals surface area contributed by atoms with Crippen LogP contribution in [0.4, 0.5) is 0 Å². The third-order valence-corrected chi connectivity index (χ3v) is 5.23. The van der Waals surface area contributed by atoms with Crippen molar-refractivity contribution in [3.05, 3.63) is 0 Å². The van der Waals surface area contributed by atoms with Gasteiger partial charge in [0, 0.05) is 44.8 Å². The maximum Gasteiger partial charge on any atom is 0.194 e. The number of rotatable bonds is 5. The number of hydrogen-bond donors (Lipinski definition) is 1. The first-order chi connectivity index (χ1) is 10.8. The van der Waals surface area contributed by atoms with Crippen LogP contribution in [0.25, 0.3) is 0 Å². The average molecular weight is 436 g/mol. The Labute approximate surface area is 158 Å². The molecule has 134 valence electrons. The third kappa shape index (κ3) is 5.19. The molecular formula is C17H33IN4O. The normalized spacial score (nSPS) is 31.8.